The van der Waals surface area contributed by atoms with Gasteiger partial charge in [0.1, 0.15) is 34.2 Å². The quantitative estimate of drug-likeness (QED) is 0.0786. The largest absolute Gasteiger partial charge is 0.449 e. The van der Waals surface area contributed by atoms with Crippen molar-refractivity contribution in [2.24, 2.45) is 11.8 Å². The Hall–Kier alpha value is -6.29. The van der Waals surface area contributed by atoms with E-state index in [1.807, 2.05) is 43.0 Å². The molecule has 0 bridgehead atoms. The van der Waals surface area contributed by atoms with E-state index in [-0.39, 0.29) is 53.2 Å². The third kappa shape index (κ3) is 12.2. The van der Waals surface area contributed by atoms with E-state index >= 15 is 0 Å². The number of pyridine rings is 2. The minimum absolute atomic E-state index is 0.00699. The van der Waals surface area contributed by atoms with Crippen molar-refractivity contribution in [2.75, 3.05) is 21.3 Å². The molecule has 15 nitrogen and oxygen atoms in total. The number of anilines is 4. The average Bonchev–Trinajstić information content (AvgIpc) is 3.86. The van der Waals surface area contributed by atoms with Gasteiger partial charge in [0, 0.05) is 66.1 Å². The predicted octanol–water partition coefficient (Wildman–Crippen LogP) is 10.7. The van der Waals surface area contributed by atoms with Crippen LogP contribution in [0.4, 0.5) is 23.0 Å². The lowest BCUT2D eigenvalue weighted by molar-refractivity contribution is -0.134. The predicted molar refractivity (Wildman–Crippen MR) is 262 cm³/mol. The second kappa shape index (κ2) is 22.0. The summed E-state index contributed by atoms with van der Waals surface area (Å²) in [5.74, 6) is -0.796. The van der Waals surface area contributed by atoms with E-state index in [9.17, 15) is 24.0 Å². The zero-order valence-electron chi connectivity index (χ0n) is 38.2. The molecule has 5 N–H and O–H groups in total. The molecule has 4 aromatic heterocycles. The van der Waals surface area contributed by atoms with Crippen molar-refractivity contribution in [2.45, 2.75) is 110 Å². The molecule has 0 atom stereocenters. The maximum absolute atomic E-state index is 13.2. The Bertz CT molecular complexity index is 2700. The van der Waals surface area contributed by atoms with Gasteiger partial charge in [-0.25, -0.2) is 9.97 Å². The fraction of sp³-hybridized carbons (Fsp3) is 0.380. The highest BCUT2D eigenvalue weighted by Gasteiger charge is 2.34. The van der Waals surface area contributed by atoms with Crippen LogP contribution in [0.1, 0.15) is 107 Å². The summed E-state index contributed by atoms with van der Waals surface area (Å²) >= 11 is 11.7. The standard InChI is InChI=1S/C26H29ClN4O4.C24H27ClN4O3/c1-15(2)31(16(3)32)19-11-8-17(9-12-19)25(33)30-23-20-6-4-5-7-21(20)35-24(23)26(34)29-22-13-10-18(27)14-28-22;1-14(2)27-17-10-7-15(8-11-17)23(30)29-21-18-5-3-4-6-19(18)32-22(21)24(31)28-20-12-9-16(25)13-26-20/h4-7,10,13-15,17,19H,8-9,11-12H2,1-3H3,(H,30,33)(H,28,29,34);3-6,9,12-15,17,27H,7-8,10-11H2,1-2H3,(H,29,30)(H,26,28,31). The molecule has 2 saturated carbocycles. The van der Waals surface area contributed by atoms with Gasteiger partial charge in [0.05, 0.1) is 10.0 Å². The molecule has 0 saturated heterocycles. The lowest BCUT2D eigenvalue weighted by Gasteiger charge is -2.38. The Kier molecular flexibility index (Phi) is 16.0. The number of hydrogen-bond acceptors (Lipinski definition) is 10. The van der Waals surface area contributed by atoms with E-state index in [1.54, 1.807) is 55.5 Å². The van der Waals surface area contributed by atoms with Gasteiger partial charge in [-0.15, -0.1) is 0 Å². The van der Waals surface area contributed by atoms with Crippen LogP contribution in [0.3, 0.4) is 0 Å². The van der Waals surface area contributed by atoms with Crippen LogP contribution < -0.4 is 26.6 Å². The smallest absolute Gasteiger partial charge is 0.294 e. The maximum atomic E-state index is 13.2. The molecule has 352 valence electrons. The Balaban J connectivity index is 0.000000200. The van der Waals surface area contributed by atoms with Crippen molar-refractivity contribution in [3.63, 3.8) is 0 Å². The van der Waals surface area contributed by atoms with Crippen molar-refractivity contribution >= 4 is 97.7 Å². The lowest BCUT2D eigenvalue weighted by Crippen LogP contribution is -2.46. The van der Waals surface area contributed by atoms with Crippen LogP contribution in [0.15, 0.2) is 94.0 Å². The third-order valence-corrected chi connectivity index (χ3v) is 12.5. The van der Waals surface area contributed by atoms with E-state index in [1.165, 1.54) is 12.4 Å². The Labute approximate surface area is 399 Å². The Morgan fingerprint density at radius 3 is 1.42 bits per heavy atom. The number of carbonyl (C=O) groups excluding carboxylic acids is 5. The molecule has 67 heavy (non-hydrogen) atoms. The number of aromatic nitrogens is 2. The van der Waals surface area contributed by atoms with Gasteiger partial charge >= 0.3 is 0 Å². The van der Waals surface area contributed by atoms with Crippen LogP contribution in [0.25, 0.3) is 21.9 Å². The number of rotatable bonds is 12. The summed E-state index contributed by atoms with van der Waals surface area (Å²) in [6.45, 7) is 9.88. The topological polar surface area (TPSA) is 201 Å². The Morgan fingerprint density at radius 1 is 0.597 bits per heavy atom. The normalized spacial score (nSPS) is 18.2. The fourth-order valence-corrected chi connectivity index (χ4v) is 9.23. The maximum Gasteiger partial charge on any atom is 0.294 e. The van der Waals surface area contributed by atoms with Gasteiger partial charge in [-0.05, 0) is 114 Å². The molecule has 2 aliphatic rings. The Morgan fingerprint density at radius 2 is 1.03 bits per heavy atom. The molecule has 6 aromatic rings. The third-order valence-electron chi connectivity index (χ3n) is 12.1. The van der Waals surface area contributed by atoms with Crippen molar-refractivity contribution in [3.8, 4) is 0 Å². The van der Waals surface area contributed by atoms with Crippen LogP contribution in [-0.4, -0.2) is 68.6 Å². The molecule has 0 radical (unpaired) electrons. The van der Waals surface area contributed by atoms with Crippen LogP contribution in [0.5, 0.6) is 0 Å². The summed E-state index contributed by atoms with van der Waals surface area (Å²) in [6, 6.07) is 22.0. The van der Waals surface area contributed by atoms with E-state index in [2.05, 4.69) is 50.4 Å². The summed E-state index contributed by atoms with van der Waals surface area (Å²) in [5.41, 5.74) is 1.75. The second-order valence-corrected chi connectivity index (χ2v) is 18.5. The first-order chi connectivity index (χ1) is 32.1. The zero-order valence-corrected chi connectivity index (χ0v) is 39.7. The van der Waals surface area contributed by atoms with Crippen molar-refractivity contribution in [1.82, 2.24) is 20.2 Å². The fourth-order valence-electron chi connectivity index (χ4n) is 9.01. The van der Waals surface area contributed by atoms with Crippen LogP contribution >= 0.6 is 23.2 Å². The first-order valence-corrected chi connectivity index (χ1v) is 23.5. The SMILES string of the molecule is CC(=O)N(C(C)C)C1CCC(C(=O)Nc2c(C(=O)Nc3ccc(Cl)cn3)oc3ccccc23)CC1.CC(C)NC1CCC(C(=O)Nc2c(C(=O)Nc3ccc(Cl)cn3)oc3ccccc23)CC1. The summed E-state index contributed by atoms with van der Waals surface area (Å²) in [4.78, 5) is 74.4. The molecular formula is C50H56Cl2N8O7. The van der Waals surface area contributed by atoms with Crippen LogP contribution in [-0.2, 0) is 14.4 Å². The van der Waals surface area contributed by atoms with E-state index in [0.717, 1.165) is 38.5 Å². The first-order valence-electron chi connectivity index (χ1n) is 22.7. The molecule has 2 aromatic carbocycles. The number of para-hydroxylation sites is 2. The molecule has 17 heteroatoms. The first kappa shape index (κ1) is 48.6. The highest BCUT2D eigenvalue weighted by Crippen LogP contribution is 2.36. The zero-order chi connectivity index (χ0) is 47.8. The highest BCUT2D eigenvalue weighted by atomic mass is 35.5. The van der Waals surface area contributed by atoms with Gasteiger partial charge in [0.2, 0.25) is 29.2 Å². The monoisotopic (exact) mass is 950 g/mol. The highest BCUT2D eigenvalue weighted by molar-refractivity contribution is 6.30. The number of benzene rings is 2. The number of nitrogens with zero attached hydrogens (tertiary/aromatic N) is 3. The van der Waals surface area contributed by atoms with Gasteiger partial charge in [-0.2, -0.15) is 0 Å². The van der Waals surface area contributed by atoms with E-state index in [0.29, 0.717) is 79.9 Å². The number of nitrogens with one attached hydrogen (secondary N) is 5. The van der Waals surface area contributed by atoms with Crippen molar-refractivity contribution < 1.29 is 32.8 Å². The number of fused-ring (bicyclic) bond motifs is 2. The van der Waals surface area contributed by atoms with Gasteiger partial charge < -0.3 is 40.3 Å². The number of furan rings is 2. The van der Waals surface area contributed by atoms with Crippen LogP contribution in [0, 0.1) is 11.8 Å². The van der Waals surface area contributed by atoms with Gasteiger partial charge in [0.15, 0.2) is 0 Å². The number of hydrogen-bond donors (Lipinski definition) is 5. The summed E-state index contributed by atoms with van der Waals surface area (Å²) < 4.78 is 11.6. The van der Waals surface area contributed by atoms with Gasteiger partial charge in [-0.1, -0.05) is 61.3 Å². The number of amides is 5. The molecule has 2 fully saturated rings. The summed E-state index contributed by atoms with van der Waals surface area (Å²) in [6.07, 6.45) is 9.26. The lowest BCUT2D eigenvalue weighted by atomic mass is 9.84. The van der Waals surface area contributed by atoms with Crippen molar-refractivity contribution in [3.05, 3.63) is 107 Å². The van der Waals surface area contributed by atoms with Gasteiger partial charge in [-0.3, -0.25) is 24.0 Å². The summed E-state index contributed by atoms with van der Waals surface area (Å²) in [7, 11) is 0. The minimum Gasteiger partial charge on any atom is -0.449 e. The van der Waals surface area contributed by atoms with Crippen LogP contribution in [0.2, 0.25) is 10.0 Å². The van der Waals surface area contributed by atoms with Crippen molar-refractivity contribution in [1.29, 1.82) is 0 Å². The number of halogens is 2. The van der Waals surface area contributed by atoms with E-state index < -0.39 is 11.8 Å². The molecule has 0 aliphatic heterocycles. The molecule has 2 aliphatic carbocycles. The van der Waals surface area contributed by atoms with E-state index in [4.69, 9.17) is 32.0 Å². The number of carbonyl (C=O) groups is 5. The molecule has 8 rings (SSSR count). The van der Waals surface area contributed by atoms with Gasteiger partial charge in [0.25, 0.3) is 11.8 Å². The molecular weight excluding hydrogens is 896 g/mol. The minimum atomic E-state index is -0.524. The average molecular weight is 952 g/mol. The summed E-state index contributed by atoms with van der Waals surface area (Å²) in [5, 5.41) is 17.1. The molecule has 4 heterocycles. The molecule has 5 amide bonds. The molecule has 0 spiro atoms. The second-order valence-electron chi connectivity index (χ2n) is 17.6. The molecule has 0 unspecified atom stereocenters.